The Hall–Kier alpha value is -4.24. The van der Waals surface area contributed by atoms with Gasteiger partial charge >= 0.3 is 0 Å². The minimum Gasteiger partial charge on any atom is -0.497 e. The molecule has 1 atom stereocenters. The quantitative estimate of drug-likeness (QED) is 0.245. The number of amides is 2. The second-order valence-electron chi connectivity index (χ2n) is 10.3. The molecular weight excluding hydrogens is 539 g/mol. The van der Waals surface area contributed by atoms with E-state index in [-0.39, 0.29) is 28.3 Å². The minimum atomic E-state index is -0.979. The first kappa shape index (κ1) is 28.3. The molecule has 5 rings (SSSR count). The first-order valence-electron chi connectivity index (χ1n) is 13.7. The average Bonchev–Trinajstić information content (AvgIpc) is 3.37. The number of carbonyl (C=O) groups excluding carboxylic acids is 2. The van der Waals surface area contributed by atoms with Gasteiger partial charge in [-0.15, -0.1) is 0 Å². The zero-order valence-corrected chi connectivity index (χ0v) is 23.9. The summed E-state index contributed by atoms with van der Waals surface area (Å²) in [7, 11) is 1.58. The number of benzene rings is 3. The molecule has 1 heterocycles. The van der Waals surface area contributed by atoms with Gasteiger partial charge in [-0.3, -0.25) is 14.5 Å². The number of hydrogen-bond acceptors (Lipinski definition) is 6. The summed E-state index contributed by atoms with van der Waals surface area (Å²) in [6.07, 6.45) is 5.08. The van der Waals surface area contributed by atoms with E-state index >= 15 is 0 Å². The Balaban J connectivity index is 1.61. The van der Waals surface area contributed by atoms with Gasteiger partial charge in [0.2, 0.25) is 5.91 Å². The van der Waals surface area contributed by atoms with Gasteiger partial charge in [0, 0.05) is 17.3 Å². The molecule has 1 fully saturated rings. The second-order valence-corrected chi connectivity index (χ2v) is 11.1. The van der Waals surface area contributed by atoms with Crippen molar-refractivity contribution in [2.24, 2.45) is 0 Å². The molecule has 1 aromatic heterocycles. The van der Waals surface area contributed by atoms with Gasteiger partial charge < -0.3 is 15.8 Å². The third-order valence-electron chi connectivity index (χ3n) is 7.43. The molecule has 0 bridgehead atoms. The second kappa shape index (κ2) is 12.5. The summed E-state index contributed by atoms with van der Waals surface area (Å²) in [4.78, 5) is 30.3. The van der Waals surface area contributed by atoms with Gasteiger partial charge in [-0.05, 0) is 91.0 Å². The van der Waals surface area contributed by atoms with Crippen molar-refractivity contribution in [3.05, 3.63) is 94.6 Å². The van der Waals surface area contributed by atoms with Crippen LogP contribution < -0.4 is 20.7 Å². The van der Waals surface area contributed by atoms with Crippen molar-refractivity contribution in [1.82, 2.24) is 9.69 Å². The Bertz CT molecular complexity index is 1510. The molecule has 41 heavy (non-hydrogen) atoms. The van der Waals surface area contributed by atoms with Crippen LogP contribution in [0.5, 0.6) is 5.75 Å². The number of carbonyl (C=O) groups is 2. The number of nitrogens with zero attached hydrogens (tertiary/aromatic N) is 2. The first-order chi connectivity index (χ1) is 19.9. The molecule has 2 amide bonds. The number of aromatic nitrogens is 1. The van der Waals surface area contributed by atoms with Crippen LogP contribution in [0.3, 0.4) is 0 Å². The molecular formula is C32H33FN4O3S. The Kier molecular flexibility index (Phi) is 8.64. The minimum absolute atomic E-state index is 0.0463. The van der Waals surface area contributed by atoms with Gasteiger partial charge in [0.25, 0.3) is 5.91 Å². The van der Waals surface area contributed by atoms with Crippen LogP contribution in [0.4, 0.5) is 15.8 Å². The molecule has 1 saturated carbocycles. The number of anilines is 2. The summed E-state index contributed by atoms with van der Waals surface area (Å²) in [6.45, 7) is 1.93. The molecule has 3 aromatic carbocycles. The van der Waals surface area contributed by atoms with Crippen molar-refractivity contribution in [3.8, 4) is 17.0 Å². The highest BCUT2D eigenvalue weighted by molar-refractivity contribution is 7.09. The highest BCUT2D eigenvalue weighted by atomic mass is 32.1. The predicted molar refractivity (Wildman–Crippen MR) is 161 cm³/mol. The van der Waals surface area contributed by atoms with E-state index in [1.807, 2.05) is 31.2 Å². The number of aryl methyl sites for hydroxylation is 1. The standard InChI is InChI=1S/C32H33FN4O3S/c1-20-7-6-10-25(19-20)37(32(39)30-27(34)28(36-41-30)21-11-15-23(33)16-12-21)29(22-13-17-26(40-2)18-14-22)31(38)35-24-8-4-3-5-9-24/h6-7,10-19,24,29H,3-5,8-9,34H2,1-2H3,(H,35,38)/t29-/m1/s1. The van der Waals surface area contributed by atoms with E-state index in [9.17, 15) is 14.0 Å². The Labute approximate surface area is 243 Å². The fourth-order valence-corrected chi connectivity index (χ4v) is 6.03. The van der Waals surface area contributed by atoms with E-state index in [2.05, 4.69) is 9.69 Å². The van der Waals surface area contributed by atoms with E-state index in [1.165, 1.54) is 17.0 Å². The molecule has 0 aliphatic heterocycles. The van der Waals surface area contributed by atoms with Crippen LogP contribution in [0.2, 0.25) is 0 Å². The number of ether oxygens (including phenoxy) is 1. The summed E-state index contributed by atoms with van der Waals surface area (Å²) in [6, 6.07) is 19.5. The van der Waals surface area contributed by atoms with Gasteiger partial charge in [-0.2, -0.15) is 4.37 Å². The summed E-state index contributed by atoms with van der Waals surface area (Å²) >= 11 is 0.965. The first-order valence-corrected chi connectivity index (χ1v) is 14.5. The zero-order chi connectivity index (χ0) is 28.9. The normalized spacial score (nSPS) is 14.3. The predicted octanol–water partition coefficient (Wildman–Crippen LogP) is 6.69. The highest BCUT2D eigenvalue weighted by Gasteiger charge is 2.36. The molecule has 9 heteroatoms. The van der Waals surface area contributed by atoms with Crippen molar-refractivity contribution in [3.63, 3.8) is 0 Å². The van der Waals surface area contributed by atoms with Crippen LogP contribution in [-0.2, 0) is 4.79 Å². The van der Waals surface area contributed by atoms with Crippen LogP contribution in [-0.4, -0.2) is 29.3 Å². The van der Waals surface area contributed by atoms with E-state index < -0.39 is 11.9 Å². The van der Waals surface area contributed by atoms with Crippen molar-refractivity contribution >= 4 is 34.7 Å². The summed E-state index contributed by atoms with van der Waals surface area (Å²) in [5, 5.41) is 3.23. The highest BCUT2D eigenvalue weighted by Crippen LogP contribution is 2.37. The summed E-state index contributed by atoms with van der Waals surface area (Å²) < 4.78 is 23.4. The smallest absolute Gasteiger partial charge is 0.273 e. The third-order valence-corrected chi connectivity index (χ3v) is 8.28. The van der Waals surface area contributed by atoms with E-state index in [0.29, 0.717) is 28.3 Å². The van der Waals surface area contributed by atoms with Crippen LogP contribution in [0, 0.1) is 12.7 Å². The van der Waals surface area contributed by atoms with E-state index in [1.54, 1.807) is 43.5 Å². The van der Waals surface area contributed by atoms with Gasteiger partial charge in [0.1, 0.15) is 28.2 Å². The molecule has 0 unspecified atom stereocenters. The fourth-order valence-electron chi connectivity index (χ4n) is 5.27. The number of nitrogen functional groups attached to an aromatic ring is 1. The topological polar surface area (TPSA) is 97.5 Å². The lowest BCUT2D eigenvalue weighted by Gasteiger charge is -2.33. The maximum atomic E-state index is 14.5. The van der Waals surface area contributed by atoms with Gasteiger partial charge in [-0.1, -0.05) is 43.5 Å². The summed E-state index contributed by atoms with van der Waals surface area (Å²) in [5.41, 5.74) is 9.83. The SMILES string of the molecule is COc1ccc([C@H](C(=O)NC2CCCCC2)N(C(=O)c2snc(-c3ccc(F)cc3)c2N)c2cccc(C)c2)cc1. The molecule has 1 aliphatic rings. The molecule has 3 N–H and O–H groups in total. The lowest BCUT2D eigenvalue weighted by atomic mass is 9.94. The Morgan fingerprint density at radius 3 is 2.41 bits per heavy atom. The van der Waals surface area contributed by atoms with Crippen molar-refractivity contribution < 1.29 is 18.7 Å². The molecule has 0 saturated heterocycles. The van der Waals surface area contributed by atoms with Crippen LogP contribution in [0.1, 0.15) is 58.9 Å². The van der Waals surface area contributed by atoms with Crippen molar-refractivity contribution in [1.29, 1.82) is 0 Å². The van der Waals surface area contributed by atoms with Gasteiger partial charge in [0.15, 0.2) is 0 Å². The summed E-state index contributed by atoms with van der Waals surface area (Å²) in [5.74, 6) is -0.447. The molecule has 1 aliphatic carbocycles. The fraction of sp³-hybridized carbons (Fsp3) is 0.281. The molecule has 212 valence electrons. The molecule has 4 aromatic rings. The van der Waals surface area contributed by atoms with Crippen LogP contribution >= 0.6 is 11.5 Å². The van der Waals surface area contributed by atoms with Crippen molar-refractivity contribution in [2.45, 2.75) is 51.1 Å². The zero-order valence-electron chi connectivity index (χ0n) is 23.1. The molecule has 7 nitrogen and oxygen atoms in total. The number of nitrogens with two attached hydrogens (primary N) is 1. The largest absolute Gasteiger partial charge is 0.497 e. The number of nitrogens with one attached hydrogen (secondary N) is 1. The van der Waals surface area contributed by atoms with Gasteiger partial charge in [0.05, 0.1) is 12.8 Å². The maximum Gasteiger partial charge on any atom is 0.273 e. The van der Waals surface area contributed by atoms with Crippen LogP contribution in [0.15, 0.2) is 72.8 Å². The number of rotatable bonds is 8. The van der Waals surface area contributed by atoms with Crippen LogP contribution in [0.25, 0.3) is 11.3 Å². The Morgan fingerprint density at radius 1 is 1.05 bits per heavy atom. The lowest BCUT2D eigenvalue weighted by molar-refractivity contribution is -0.123. The number of hydrogen-bond donors (Lipinski definition) is 2. The maximum absolute atomic E-state index is 14.5. The monoisotopic (exact) mass is 572 g/mol. The number of methoxy groups -OCH3 is 1. The number of halogens is 1. The van der Waals surface area contributed by atoms with E-state index in [0.717, 1.165) is 49.2 Å². The van der Waals surface area contributed by atoms with Gasteiger partial charge in [-0.25, -0.2) is 4.39 Å². The molecule has 0 radical (unpaired) electrons. The Morgan fingerprint density at radius 2 is 1.76 bits per heavy atom. The van der Waals surface area contributed by atoms with E-state index in [4.69, 9.17) is 10.5 Å². The molecule has 0 spiro atoms. The average molecular weight is 573 g/mol. The lowest BCUT2D eigenvalue weighted by Crippen LogP contribution is -2.47. The van der Waals surface area contributed by atoms with Crippen molar-refractivity contribution in [2.75, 3.05) is 17.7 Å². The third kappa shape index (κ3) is 6.25.